The van der Waals surface area contributed by atoms with Crippen LogP contribution in [0.25, 0.3) is 11.4 Å². The Kier molecular flexibility index (Phi) is 3.04. The maximum absolute atomic E-state index is 11.4. The molecular formula is C13H13N3O2S. The second-order valence-corrected chi connectivity index (χ2v) is 5.27. The number of aromatic nitrogens is 2. The molecule has 0 saturated heterocycles. The lowest BCUT2D eigenvalue weighted by molar-refractivity contribution is 0.0688. The summed E-state index contributed by atoms with van der Waals surface area (Å²) in [5, 5.41) is 16.5. The van der Waals surface area contributed by atoms with Crippen molar-refractivity contribution in [3.63, 3.8) is 0 Å². The summed E-state index contributed by atoms with van der Waals surface area (Å²) in [4.78, 5) is 20.2. The molecule has 2 aromatic heterocycles. The molecule has 0 atom stereocenters. The zero-order chi connectivity index (χ0) is 13.4. The van der Waals surface area contributed by atoms with E-state index >= 15 is 0 Å². The third kappa shape index (κ3) is 2.13. The number of nitrogens with one attached hydrogen (secondary N) is 1. The molecule has 0 aromatic carbocycles. The van der Waals surface area contributed by atoms with Crippen molar-refractivity contribution in [2.24, 2.45) is 0 Å². The number of hydrogen-bond donors (Lipinski definition) is 2. The van der Waals surface area contributed by atoms with Crippen LogP contribution in [0.4, 0.5) is 0 Å². The van der Waals surface area contributed by atoms with Crippen LogP contribution in [-0.4, -0.2) is 27.6 Å². The van der Waals surface area contributed by atoms with Gasteiger partial charge in [-0.2, -0.15) is 11.3 Å². The first-order valence-electron chi connectivity index (χ1n) is 6.04. The zero-order valence-electron chi connectivity index (χ0n) is 10.4. The number of carboxylic acid groups (broad SMARTS) is 1. The molecule has 0 bridgehead atoms. The summed E-state index contributed by atoms with van der Waals surface area (Å²) in [6, 6.07) is 0. The highest BCUT2D eigenvalue weighted by Gasteiger charge is 2.22. The summed E-state index contributed by atoms with van der Waals surface area (Å²) < 4.78 is 0. The van der Waals surface area contributed by atoms with E-state index in [0.29, 0.717) is 18.8 Å². The van der Waals surface area contributed by atoms with Gasteiger partial charge in [-0.1, -0.05) is 0 Å². The smallest absolute Gasteiger partial charge is 0.354 e. The predicted octanol–water partition coefficient (Wildman–Crippen LogP) is 1.86. The van der Waals surface area contributed by atoms with Gasteiger partial charge in [0.1, 0.15) is 0 Å². The fourth-order valence-electron chi connectivity index (χ4n) is 2.25. The molecule has 1 aliphatic rings. The summed E-state index contributed by atoms with van der Waals surface area (Å²) in [6.07, 6.45) is 0.667. The molecule has 0 amide bonds. The first kappa shape index (κ1) is 12.3. The van der Waals surface area contributed by atoms with E-state index in [1.54, 1.807) is 11.3 Å². The Balaban J connectivity index is 2.20. The van der Waals surface area contributed by atoms with Crippen LogP contribution in [0, 0.1) is 6.92 Å². The van der Waals surface area contributed by atoms with Crippen LogP contribution in [0.3, 0.4) is 0 Å². The van der Waals surface area contributed by atoms with E-state index in [4.69, 9.17) is 0 Å². The van der Waals surface area contributed by atoms with Crippen molar-refractivity contribution in [3.8, 4) is 11.4 Å². The molecule has 1 aliphatic heterocycles. The SMILES string of the molecule is Cc1cscc1-c1nc2c(c(C(=O)O)n1)CCNC2. The van der Waals surface area contributed by atoms with Gasteiger partial charge in [-0.25, -0.2) is 14.8 Å². The van der Waals surface area contributed by atoms with E-state index in [-0.39, 0.29) is 5.69 Å². The number of hydrogen-bond acceptors (Lipinski definition) is 5. The molecule has 2 aromatic rings. The van der Waals surface area contributed by atoms with Gasteiger partial charge in [0.05, 0.1) is 5.69 Å². The summed E-state index contributed by atoms with van der Waals surface area (Å²) >= 11 is 1.57. The van der Waals surface area contributed by atoms with Crippen LogP contribution in [0.1, 0.15) is 27.3 Å². The van der Waals surface area contributed by atoms with Gasteiger partial charge in [0, 0.05) is 23.1 Å². The maximum Gasteiger partial charge on any atom is 0.354 e. The fourth-order valence-corrected chi connectivity index (χ4v) is 3.07. The Bertz CT molecular complexity index is 651. The van der Waals surface area contributed by atoms with Crippen LogP contribution >= 0.6 is 11.3 Å². The van der Waals surface area contributed by atoms with Crippen LogP contribution < -0.4 is 5.32 Å². The maximum atomic E-state index is 11.4. The van der Waals surface area contributed by atoms with Gasteiger partial charge in [-0.3, -0.25) is 0 Å². The lowest BCUT2D eigenvalue weighted by Crippen LogP contribution is -2.27. The van der Waals surface area contributed by atoms with Crippen LogP contribution in [0.5, 0.6) is 0 Å². The number of carboxylic acids is 1. The molecule has 0 saturated carbocycles. The van der Waals surface area contributed by atoms with E-state index < -0.39 is 5.97 Å². The number of fused-ring (bicyclic) bond motifs is 1. The summed E-state index contributed by atoms with van der Waals surface area (Å²) in [7, 11) is 0. The minimum absolute atomic E-state index is 0.145. The van der Waals surface area contributed by atoms with E-state index in [1.807, 2.05) is 17.7 Å². The molecular weight excluding hydrogens is 262 g/mol. The van der Waals surface area contributed by atoms with E-state index in [9.17, 15) is 9.90 Å². The minimum Gasteiger partial charge on any atom is -0.476 e. The number of carbonyl (C=O) groups is 1. The highest BCUT2D eigenvalue weighted by molar-refractivity contribution is 7.08. The van der Waals surface area contributed by atoms with Gasteiger partial charge in [0.2, 0.25) is 0 Å². The van der Waals surface area contributed by atoms with Gasteiger partial charge in [-0.05, 0) is 30.8 Å². The number of rotatable bonds is 2. The van der Waals surface area contributed by atoms with Gasteiger partial charge < -0.3 is 10.4 Å². The normalized spacial score (nSPS) is 14.2. The molecule has 0 aliphatic carbocycles. The quantitative estimate of drug-likeness (QED) is 0.875. The predicted molar refractivity (Wildman–Crippen MR) is 72.5 cm³/mol. The molecule has 0 spiro atoms. The fraction of sp³-hybridized carbons (Fsp3) is 0.308. The molecule has 19 heavy (non-hydrogen) atoms. The lowest BCUT2D eigenvalue weighted by Gasteiger charge is -2.18. The molecule has 0 fully saturated rings. The first-order chi connectivity index (χ1) is 9.16. The Hall–Kier alpha value is -1.79. The van der Waals surface area contributed by atoms with E-state index in [0.717, 1.165) is 28.9 Å². The number of thiophene rings is 1. The van der Waals surface area contributed by atoms with Crippen LogP contribution in [0.15, 0.2) is 10.8 Å². The van der Waals surface area contributed by atoms with Crippen molar-refractivity contribution in [2.75, 3.05) is 6.54 Å². The molecule has 6 heteroatoms. The summed E-state index contributed by atoms with van der Waals surface area (Å²) in [6.45, 7) is 3.36. The van der Waals surface area contributed by atoms with Crippen molar-refractivity contribution in [1.82, 2.24) is 15.3 Å². The van der Waals surface area contributed by atoms with Gasteiger partial charge in [-0.15, -0.1) is 0 Å². The third-order valence-electron chi connectivity index (χ3n) is 3.24. The molecule has 0 radical (unpaired) electrons. The van der Waals surface area contributed by atoms with Crippen LogP contribution in [0.2, 0.25) is 0 Å². The van der Waals surface area contributed by atoms with Crippen molar-refractivity contribution < 1.29 is 9.90 Å². The first-order valence-corrected chi connectivity index (χ1v) is 6.98. The average molecular weight is 275 g/mol. The Morgan fingerprint density at radius 2 is 2.26 bits per heavy atom. The zero-order valence-corrected chi connectivity index (χ0v) is 11.3. The van der Waals surface area contributed by atoms with Crippen molar-refractivity contribution >= 4 is 17.3 Å². The van der Waals surface area contributed by atoms with E-state index in [1.165, 1.54) is 0 Å². The molecule has 3 rings (SSSR count). The van der Waals surface area contributed by atoms with Crippen LogP contribution in [-0.2, 0) is 13.0 Å². The largest absolute Gasteiger partial charge is 0.476 e. The Morgan fingerprint density at radius 3 is 2.95 bits per heavy atom. The van der Waals surface area contributed by atoms with Crippen molar-refractivity contribution in [3.05, 3.63) is 33.3 Å². The second-order valence-electron chi connectivity index (χ2n) is 4.52. The van der Waals surface area contributed by atoms with Crippen molar-refractivity contribution in [1.29, 1.82) is 0 Å². The number of nitrogens with zero attached hydrogens (tertiary/aromatic N) is 2. The molecule has 2 N–H and O–H groups in total. The molecule has 0 unspecified atom stereocenters. The Morgan fingerprint density at radius 1 is 1.42 bits per heavy atom. The standard InChI is InChI=1S/C13H13N3O2S/c1-7-5-19-6-9(7)12-15-10-4-14-3-2-8(10)11(16-12)13(17)18/h5-6,14H,2-4H2,1H3,(H,17,18). The molecule has 5 nitrogen and oxygen atoms in total. The van der Waals surface area contributed by atoms with Gasteiger partial charge in [0.25, 0.3) is 0 Å². The van der Waals surface area contributed by atoms with E-state index in [2.05, 4.69) is 15.3 Å². The summed E-state index contributed by atoms with van der Waals surface area (Å²) in [5.74, 6) is -0.465. The molecule has 3 heterocycles. The number of aryl methyl sites for hydroxylation is 1. The second kappa shape index (κ2) is 4.71. The summed E-state index contributed by atoms with van der Waals surface area (Å²) in [5.41, 5.74) is 3.71. The average Bonchev–Trinajstić information content (AvgIpc) is 2.83. The minimum atomic E-state index is -0.977. The highest BCUT2D eigenvalue weighted by Crippen LogP contribution is 2.26. The lowest BCUT2D eigenvalue weighted by atomic mass is 10.0. The van der Waals surface area contributed by atoms with Gasteiger partial charge in [0.15, 0.2) is 11.5 Å². The van der Waals surface area contributed by atoms with Gasteiger partial charge >= 0.3 is 5.97 Å². The number of aromatic carboxylic acids is 1. The molecule has 98 valence electrons. The highest BCUT2D eigenvalue weighted by atomic mass is 32.1. The third-order valence-corrected chi connectivity index (χ3v) is 4.10. The van der Waals surface area contributed by atoms with Crippen molar-refractivity contribution in [2.45, 2.75) is 19.9 Å². The monoisotopic (exact) mass is 275 g/mol. The topological polar surface area (TPSA) is 75.1 Å². The Labute approximate surface area is 114 Å².